The molecule has 0 radical (unpaired) electrons. The summed E-state index contributed by atoms with van der Waals surface area (Å²) in [6.07, 6.45) is 1.86. The molecule has 1 aromatic rings. The van der Waals surface area contributed by atoms with Crippen molar-refractivity contribution in [3.63, 3.8) is 0 Å². The largest absolute Gasteiger partial charge is 0.264 e. The van der Waals surface area contributed by atoms with Gasteiger partial charge in [0.2, 0.25) is 6.54 Å². The lowest BCUT2D eigenvalue weighted by molar-refractivity contribution is -0.496. The SMILES string of the molecule is CSc1ccc(C[N+](=O)[O-])cc1C#N. The van der Waals surface area contributed by atoms with Crippen molar-refractivity contribution in [1.29, 1.82) is 5.26 Å². The van der Waals surface area contributed by atoms with Crippen molar-refractivity contribution in [3.8, 4) is 6.07 Å². The van der Waals surface area contributed by atoms with Gasteiger partial charge in [0.15, 0.2) is 0 Å². The summed E-state index contributed by atoms with van der Waals surface area (Å²) in [5.74, 6) is 0. The summed E-state index contributed by atoms with van der Waals surface area (Å²) >= 11 is 1.46. The Balaban J connectivity index is 3.03. The molecule has 1 aromatic carbocycles. The van der Waals surface area contributed by atoms with Crippen LogP contribution in [-0.4, -0.2) is 11.2 Å². The van der Waals surface area contributed by atoms with Crippen LogP contribution in [0, 0.1) is 21.4 Å². The van der Waals surface area contributed by atoms with Gasteiger partial charge >= 0.3 is 0 Å². The van der Waals surface area contributed by atoms with Crippen LogP contribution < -0.4 is 0 Å². The van der Waals surface area contributed by atoms with Crippen molar-refractivity contribution in [2.45, 2.75) is 11.4 Å². The number of hydrogen-bond acceptors (Lipinski definition) is 4. The molecule has 0 amide bonds. The molecule has 0 aliphatic rings. The van der Waals surface area contributed by atoms with Crippen molar-refractivity contribution in [1.82, 2.24) is 0 Å². The summed E-state index contributed by atoms with van der Waals surface area (Å²) in [6, 6.07) is 7.00. The van der Waals surface area contributed by atoms with Gasteiger partial charge in [0, 0.05) is 15.4 Å². The Labute approximate surface area is 85.7 Å². The van der Waals surface area contributed by atoms with Crippen LogP contribution >= 0.6 is 11.8 Å². The molecule has 0 saturated heterocycles. The second kappa shape index (κ2) is 4.63. The molecule has 0 spiro atoms. The molecular weight excluding hydrogens is 200 g/mol. The van der Waals surface area contributed by atoms with E-state index in [0.717, 1.165) is 4.90 Å². The number of nitro groups is 1. The summed E-state index contributed by atoms with van der Waals surface area (Å²) < 4.78 is 0. The number of thioether (sulfide) groups is 1. The Kier molecular flexibility index (Phi) is 3.48. The van der Waals surface area contributed by atoms with Crippen LogP contribution in [0.15, 0.2) is 23.1 Å². The molecular formula is C9H8N2O2S. The highest BCUT2D eigenvalue weighted by atomic mass is 32.2. The minimum absolute atomic E-state index is 0.233. The monoisotopic (exact) mass is 208 g/mol. The van der Waals surface area contributed by atoms with E-state index in [1.165, 1.54) is 11.8 Å². The summed E-state index contributed by atoms with van der Waals surface area (Å²) in [6.45, 7) is -0.233. The van der Waals surface area contributed by atoms with Gasteiger partial charge in [-0.2, -0.15) is 5.26 Å². The van der Waals surface area contributed by atoms with Gasteiger partial charge in [0.25, 0.3) is 0 Å². The quantitative estimate of drug-likeness (QED) is 0.433. The van der Waals surface area contributed by atoms with Crippen LogP contribution in [0.25, 0.3) is 0 Å². The molecule has 0 aliphatic carbocycles. The number of rotatable bonds is 3. The maximum atomic E-state index is 10.2. The van der Waals surface area contributed by atoms with Gasteiger partial charge < -0.3 is 0 Å². The lowest BCUT2D eigenvalue weighted by Crippen LogP contribution is -1.98. The Hall–Kier alpha value is -1.54. The van der Waals surface area contributed by atoms with Crippen LogP contribution in [0.4, 0.5) is 0 Å². The van der Waals surface area contributed by atoms with E-state index >= 15 is 0 Å². The highest BCUT2D eigenvalue weighted by molar-refractivity contribution is 7.98. The normalized spacial score (nSPS) is 9.43. The predicted molar refractivity (Wildman–Crippen MR) is 53.6 cm³/mol. The van der Waals surface area contributed by atoms with Gasteiger partial charge in [-0.05, 0) is 18.4 Å². The number of hydrogen-bond donors (Lipinski definition) is 0. The van der Waals surface area contributed by atoms with Crippen molar-refractivity contribution in [3.05, 3.63) is 39.4 Å². The lowest BCUT2D eigenvalue weighted by Gasteiger charge is -2.01. The Morgan fingerprint density at radius 1 is 1.64 bits per heavy atom. The summed E-state index contributed by atoms with van der Waals surface area (Å²) in [7, 11) is 0. The molecule has 0 saturated carbocycles. The fourth-order valence-electron chi connectivity index (χ4n) is 1.09. The molecule has 0 unspecified atom stereocenters. The average Bonchev–Trinajstić information content (AvgIpc) is 2.16. The zero-order valence-corrected chi connectivity index (χ0v) is 8.37. The minimum atomic E-state index is -0.407. The molecule has 5 heteroatoms. The topological polar surface area (TPSA) is 66.9 Å². The second-order valence-corrected chi connectivity index (χ2v) is 3.49. The third-order valence-electron chi connectivity index (χ3n) is 1.70. The fourth-order valence-corrected chi connectivity index (χ4v) is 1.62. The minimum Gasteiger partial charge on any atom is -0.264 e. The van der Waals surface area contributed by atoms with E-state index in [-0.39, 0.29) is 6.54 Å². The molecule has 0 N–H and O–H groups in total. The van der Waals surface area contributed by atoms with Crippen LogP contribution in [0.2, 0.25) is 0 Å². The summed E-state index contributed by atoms with van der Waals surface area (Å²) in [5, 5.41) is 19.0. The van der Waals surface area contributed by atoms with Gasteiger partial charge in [-0.1, -0.05) is 6.07 Å². The predicted octanol–water partition coefficient (Wildman–Crippen LogP) is 2.06. The lowest BCUT2D eigenvalue weighted by atomic mass is 10.1. The first-order chi connectivity index (χ1) is 6.67. The highest BCUT2D eigenvalue weighted by Gasteiger charge is 2.06. The Morgan fingerprint density at radius 2 is 2.36 bits per heavy atom. The number of benzene rings is 1. The van der Waals surface area contributed by atoms with E-state index < -0.39 is 4.92 Å². The highest BCUT2D eigenvalue weighted by Crippen LogP contribution is 2.20. The van der Waals surface area contributed by atoms with E-state index in [0.29, 0.717) is 11.1 Å². The Bertz CT molecular complexity index is 398. The first-order valence-electron chi connectivity index (χ1n) is 3.86. The van der Waals surface area contributed by atoms with Gasteiger partial charge in [-0.15, -0.1) is 11.8 Å². The van der Waals surface area contributed by atoms with Crippen molar-refractivity contribution in [2.75, 3.05) is 6.26 Å². The maximum absolute atomic E-state index is 10.2. The van der Waals surface area contributed by atoms with Crippen LogP contribution in [0.3, 0.4) is 0 Å². The molecule has 72 valence electrons. The smallest absolute Gasteiger partial charge is 0.228 e. The first-order valence-corrected chi connectivity index (χ1v) is 5.08. The molecule has 0 bridgehead atoms. The fraction of sp³-hybridized carbons (Fsp3) is 0.222. The molecule has 14 heavy (non-hydrogen) atoms. The van der Waals surface area contributed by atoms with E-state index in [2.05, 4.69) is 0 Å². The van der Waals surface area contributed by atoms with Gasteiger partial charge in [0.1, 0.15) is 6.07 Å². The zero-order chi connectivity index (χ0) is 10.6. The van der Waals surface area contributed by atoms with Crippen LogP contribution in [0.5, 0.6) is 0 Å². The molecule has 0 atom stereocenters. The molecule has 0 aliphatic heterocycles. The van der Waals surface area contributed by atoms with Crippen molar-refractivity contribution >= 4 is 11.8 Å². The van der Waals surface area contributed by atoms with E-state index in [9.17, 15) is 10.1 Å². The summed E-state index contributed by atoms with van der Waals surface area (Å²) in [5.41, 5.74) is 1.06. The third kappa shape index (κ3) is 2.47. The number of nitriles is 1. The second-order valence-electron chi connectivity index (χ2n) is 2.64. The maximum Gasteiger partial charge on any atom is 0.228 e. The van der Waals surface area contributed by atoms with Crippen LogP contribution in [0.1, 0.15) is 11.1 Å². The molecule has 1 rings (SSSR count). The molecule has 0 heterocycles. The zero-order valence-electron chi connectivity index (χ0n) is 7.56. The van der Waals surface area contributed by atoms with Crippen molar-refractivity contribution in [2.24, 2.45) is 0 Å². The summed E-state index contributed by atoms with van der Waals surface area (Å²) in [4.78, 5) is 10.7. The molecule has 0 aromatic heterocycles. The first kappa shape index (κ1) is 10.5. The van der Waals surface area contributed by atoms with Gasteiger partial charge in [-0.25, -0.2) is 0 Å². The van der Waals surface area contributed by atoms with E-state index in [4.69, 9.17) is 5.26 Å². The molecule has 4 nitrogen and oxygen atoms in total. The third-order valence-corrected chi connectivity index (χ3v) is 2.49. The molecule has 0 fully saturated rings. The Morgan fingerprint density at radius 3 is 2.86 bits per heavy atom. The van der Waals surface area contributed by atoms with Crippen LogP contribution in [-0.2, 0) is 6.54 Å². The van der Waals surface area contributed by atoms with E-state index in [1.807, 2.05) is 12.3 Å². The standard InChI is InChI=1S/C9H8N2O2S/c1-14-9-3-2-7(6-11(12)13)4-8(9)5-10/h2-4H,6H2,1H3. The average molecular weight is 208 g/mol. The number of nitrogens with zero attached hydrogens (tertiary/aromatic N) is 2. The van der Waals surface area contributed by atoms with E-state index in [1.54, 1.807) is 18.2 Å². The van der Waals surface area contributed by atoms with Crippen molar-refractivity contribution < 1.29 is 4.92 Å². The van der Waals surface area contributed by atoms with Gasteiger partial charge in [-0.3, -0.25) is 10.1 Å². The van der Waals surface area contributed by atoms with Gasteiger partial charge in [0.05, 0.1) is 5.56 Å².